The molecule has 1 aromatic carbocycles. The van der Waals surface area contributed by atoms with E-state index in [0.29, 0.717) is 17.7 Å². The SMILES string of the molecule is CC1(c2ccc(C#N)cc2)NC(=O)N(CC2CCCO2)C1=O. The summed E-state index contributed by atoms with van der Waals surface area (Å²) in [6.45, 7) is 2.65. The van der Waals surface area contributed by atoms with Crippen LogP contribution in [0, 0.1) is 11.3 Å². The average molecular weight is 299 g/mol. The Morgan fingerprint density at radius 2 is 2.14 bits per heavy atom. The van der Waals surface area contributed by atoms with Crippen molar-refractivity contribution in [1.82, 2.24) is 10.2 Å². The number of rotatable bonds is 3. The molecule has 2 heterocycles. The van der Waals surface area contributed by atoms with E-state index in [-0.39, 0.29) is 18.6 Å². The number of nitriles is 1. The zero-order chi connectivity index (χ0) is 15.7. The first-order valence-corrected chi connectivity index (χ1v) is 7.31. The number of hydrogen-bond donors (Lipinski definition) is 1. The summed E-state index contributed by atoms with van der Waals surface area (Å²) in [4.78, 5) is 26.1. The average Bonchev–Trinajstić information content (AvgIpc) is 3.11. The number of carbonyl (C=O) groups excluding carboxylic acids is 2. The third kappa shape index (κ3) is 2.34. The maximum absolute atomic E-state index is 12.7. The van der Waals surface area contributed by atoms with Crippen LogP contribution in [-0.4, -0.2) is 36.1 Å². The van der Waals surface area contributed by atoms with E-state index in [9.17, 15) is 9.59 Å². The van der Waals surface area contributed by atoms with Gasteiger partial charge in [-0.2, -0.15) is 5.26 Å². The van der Waals surface area contributed by atoms with E-state index in [4.69, 9.17) is 10.00 Å². The Morgan fingerprint density at radius 1 is 1.41 bits per heavy atom. The molecule has 6 nitrogen and oxygen atoms in total. The van der Waals surface area contributed by atoms with Gasteiger partial charge >= 0.3 is 6.03 Å². The van der Waals surface area contributed by atoms with Crippen molar-refractivity contribution in [3.8, 4) is 6.07 Å². The summed E-state index contributed by atoms with van der Waals surface area (Å²) in [5.41, 5.74) is 0.0870. The van der Waals surface area contributed by atoms with Crippen molar-refractivity contribution in [2.24, 2.45) is 0 Å². The molecule has 2 unspecified atom stereocenters. The number of ether oxygens (including phenoxy) is 1. The summed E-state index contributed by atoms with van der Waals surface area (Å²) in [5, 5.41) is 11.6. The fourth-order valence-electron chi connectivity index (χ4n) is 2.93. The van der Waals surface area contributed by atoms with Crippen LogP contribution in [-0.2, 0) is 15.1 Å². The van der Waals surface area contributed by atoms with Gasteiger partial charge in [-0.1, -0.05) is 12.1 Å². The second kappa shape index (κ2) is 5.43. The fraction of sp³-hybridized carbons (Fsp3) is 0.438. The van der Waals surface area contributed by atoms with Crippen molar-refractivity contribution in [2.45, 2.75) is 31.4 Å². The molecule has 0 aromatic heterocycles. The molecule has 6 heteroatoms. The molecule has 2 fully saturated rings. The summed E-state index contributed by atoms with van der Waals surface area (Å²) in [6, 6.07) is 8.32. The van der Waals surface area contributed by atoms with Crippen LogP contribution in [0.4, 0.5) is 4.79 Å². The Morgan fingerprint density at radius 3 is 2.73 bits per heavy atom. The lowest BCUT2D eigenvalue weighted by Crippen LogP contribution is -2.42. The Bertz CT molecular complexity index is 644. The van der Waals surface area contributed by atoms with Crippen molar-refractivity contribution in [3.63, 3.8) is 0 Å². The van der Waals surface area contributed by atoms with Gasteiger partial charge in [-0.25, -0.2) is 4.79 Å². The molecule has 2 atom stereocenters. The third-order valence-corrected chi connectivity index (χ3v) is 4.28. The minimum Gasteiger partial charge on any atom is -0.376 e. The van der Waals surface area contributed by atoms with Crippen molar-refractivity contribution in [3.05, 3.63) is 35.4 Å². The van der Waals surface area contributed by atoms with Gasteiger partial charge < -0.3 is 10.1 Å². The molecule has 22 heavy (non-hydrogen) atoms. The number of hydrogen-bond acceptors (Lipinski definition) is 4. The van der Waals surface area contributed by atoms with Crippen LogP contribution in [0.3, 0.4) is 0 Å². The van der Waals surface area contributed by atoms with Crippen LogP contribution < -0.4 is 5.32 Å². The molecular weight excluding hydrogens is 282 g/mol. The summed E-state index contributed by atoms with van der Waals surface area (Å²) in [7, 11) is 0. The number of nitrogens with zero attached hydrogens (tertiary/aromatic N) is 2. The van der Waals surface area contributed by atoms with Gasteiger partial charge in [0.1, 0.15) is 5.54 Å². The van der Waals surface area contributed by atoms with Crippen LogP contribution in [0.1, 0.15) is 30.9 Å². The highest BCUT2D eigenvalue weighted by Gasteiger charge is 2.49. The van der Waals surface area contributed by atoms with Crippen LogP contribution in [0.2, 0.25) is 0 Å². The van der Waals surface area contributed by atoms with Crippen LogP contribution >= 0.6 is 0 Å². The summed E-state index contributed by atoms with van der Waals surface area (Å²) >= 11 is 0. The first-order chi connectivity index (χ1) is 10.5. The lowest BCUT2D eigenvalue weighted by molar-refractivity contribution is -0.132. The molecule has 0 aliphatic carbocycles. The zero-order valence-corrected chi connectivity index (χ0v) is 12.3. The molecule has 1 aromatic rings. The number of imide groups is 1. The van der Waals surface area contributed by atoms with Crippen molar-refractivity contribution >= 4 is 11.9 Å². The molecule has 0 spiro atoms. The highest BCUT2D eigenvalue weighted by atomic mass is 16.5. The molecule has 3 rings (SSSR count). The van der Waals surface area contributed by atoms with E-state index in [1.807, 2.05) is 6.07 Å². The topological polar surface area (TPSA) is 82.4 Å². The molecule has 2 aliphatic heterocycles. The number of urea groups is 1. The molecule has 2 saturated heterocycles. The molecule has 0 radical (unpaired) electrons. The van der Waals surface area contributed by atoms with E-state index in [1.165, 1.54) is 4.90 Å². The molecule has 2 aliphatic rings. The summed E-state index contributed by atoms with van der Waals surface area (Å²) in [5.74, 6) is -0.280. The first-order valence-electron chi connectivity index (χ1n) is 7.31. The molecule has 1 N–H and O–H groups in total. The van der Waals surface area contributed by atoms with Crippen LogP contribution in [0.25, 0.3) is 0 Å². The second-order valence-electron chi connectivity index (χ2n) is 5.80. The van der Waals surface area contributed by atoms with Crippen LogP contribution in [0.15, 0.2) is 24.3 Å². The first kappa shape index (κ1) is 14.5. The Hall–Kier alpha value is -2.39. The lowest BCUT2D eigenvalue weighted by atomic mass is 9.91. The van der Waals surface area contributed by atoms with Gasteiger partial charge in [-0.3, -0.25) is 9.69 Å². The van der Waals surface area contributed by atoms with Crippen LogP contribution in [0.5, 0.6) is 0 Å². The lowest BCUT2D eigenvalue weighted by Gasteiger charge is -2.23. The third-order valence-electron chi connectivity index (χ3n) is 4.28. The summed E-state index contributed by atoms with van der Waals surface area (Å²) < 4.78 is 5.51. The van der Waals surface area contributed by atoms with Gasteiger partial charge in [-0.05, 0) is 37.5 Å². The van der Waals surface area contributed by atoms with E-state index < -0.39 is 11.6 Å². The van der Waals surface area contributed by atoms with E-state index in [2.05, 4.69) is 5.32 Å². The number of benzene rings is 1. The minimum absolute atomic E-state index is 0.0713. The second-order valence-corrected chi connectivity index (χ2v) is 5.80. The Labute approximate surface area is 128 Å². The van der Waals surface area contributed by atoms with Crippen molar-refractivity contribution in [2.75, 3.05) is 13.2 Å². The fourth-order valence-corrected chi connectivity index (χ4v) is 2.93. The number of amides is 3. The number of carbonyl (C=O) groups is 2. The van der Waals surface area contributed by atoms with Crippen molar-refractivity contribution in [1.29, 1.82) is 5.26 Å². The Kier molecular flexibility index (Phi) is 3.59. The van der Waals surface area contributed by atoms with Gasteiger partial charge in [0.2, 0.25) is 0 Å². The van der Waals surface area contributed by atoms with Gasteiger partial charge in [-0.15, -0.1) is 0 Å². The van der Waals surface area contributed by atoms with E-state index >= 15 is 0 Å². The standard InChI is InChI=1S/C16H17N3O3/c1-16(12-6-4-11(9-17)5-7-12)14(20)19(15(21)18-16)10-13-3-2-8-22-13/h4-7,13H,2-3,8,10H2,1H3,(H,18,21). The summed E-state index contributed by atoms with van der Waals surface area (Å²) in [6.07, 6.45) is 1.75. The van der Waals surface area contributed by atoms with E-state index in [0.717, 1.165) is 12.8 Å². The minimum atomic E-state index is -1.09. The molecule has 3 amide bonds. The molecule has 0 bridgehead atoms. The molecule has 0 saturated carbocycles. The quantitative estimate of drug-likeness (QED) is 0.858. The molecular formula is C16H17N3O3. The number of nitrogens with one attached hydrogen (secondary N) is 1. The largest absolute Gasteiger partial charge is 0.376 e. The predicted octanol–water partition coefficient (Wildman–Crippen LogP) is 1.50. The van der Waals surface area contributed by atoms with Gasteiger partial charge in [0.15, 0.2) is 0 Å². The highest BCUT2D eigenvalue weighted by molar-refractivity contribution is 6.07. The maximum atomic E-state index is 12.7. The predicted molar refractivity (Wildman–Crippen MR) is 77.7 cm³/mol. The van der Waals surface area contributed by atoms with Gasteiger partial charge in [0, 0.05) is 6.61 Å². The highest BCUT2D eigenvalue weighted by Crippen LogP contribution is 2.30. The van der Waals surface area contributed by atoms with E-state index in [1.54, 1.807) is 31.2 Å². The zero-order valence-electron chi connectivity index (χ0n) is 12.3. The van der Waals surface area contributed by atoms with Gasteiger partial charge in [0.05, 0.1) is 24.3 Å². The molecule has 114 valence electrons. The monoisotopic (exact) mass is 299 g/mol. The normalized spacial score (nSPS) is 27.8. The van der Waals surface area contributed by atoms with Crippen molar-refractivity contribution < 1.29 is 14.3 Å². The maximum Gasteiger partial charge on any atom is 0.325 e. The Balaban J connectivity index is 1.83. The van der Waals surface area contributed by atoms with Gasteiger partial charge in [0.25, 0.3) is 5.91 Å². The smallest absolute Gasteiger partial charge is 0.325 e.